The second kappa shape index (κ2) is 7.09. The van der Waals surface area contributed by atoms with Crippen LogP contribution < -0.4 is 9.57 Å². The summed E-state index contributed by atoms with van der Waals surface area (Å²) in [6.07, 6.45) is 1.29. The lowest BCUT2D eigenvalue weighted by Gasteiger charge is -2.05. The predicted molar refractivity (Wildman–Crippen MR) is 88.7 cm³/mol. The molecule has 0 atom stereocenters. The molecule has 0 aliphatic rings. The summed E-state index contributed by atoms with van der Waals surface area (Å²) in [6, 6.07) is 10.6. The number of rotatable bonds is 6. The molecule has 0 saturated carbocycles. The number of hydrogen-bond acceptors (Lipinski definition) is 6. The van der Waals surface area contributed by atoms with Crippen molar-refractivity contribution in [2.75, 3.05) is 7.11 Å². The number of methoxy groups -OCH3 is 1. The molecule has 0 radical (unpaired) electrons. The van der Waals surface area contributed by atoms with Crippen LogP contribution >= 0.6 is 0 Å². The molecule has 0 aromatic heterocycles. The van der Waals surface area contributed by atoms with E-state index in [9.17, 15) is 18.5 Å². The van der Waals surface area contributed by atoms with Crippen molar-refractivity contribution in [3.8, 4) is 5.75 Å². The third kappa shape index (κ3) is 3.87. The Bertz CT molecular complexity index is 894. The van der Waals surface area contributed by atoms with Crippen LogP contribution in [0.5, 0.6) is 5.75 Å². The average molecular weight is 349 g/mol. The van der Waals surface area contributed by atoms with Crippen LogP contribution in [0.1, 0.15) is 11.1 Å². The summed E-state index contributed by atoms with van der Waals surface area (Å²) in [5.41, 5.74) is 0.681. The van der Waals surface area contributed by atoms with E-state index in [2.05, 4.69) is 5.10 Å². The van der Waals surface area contributed by atoms with E-state index >= 15 is 0 Å². The number of nitro benzene ring substituents is 1. The molecule has 2 aromatic rings. The minimum absolute atomic E-state index is 0.239. The fraction of sp³-hybridized carbons (Fsp3) is 0.133. The van der Waals surface area contributed by atoms with Crippen molar-refractivity contribution in [1.82, 2.24) is 4.83 Å². The fourth-order valence-corrected chi connectivity index (χ4v) is 2.75. The Morgan fingerprint density at radius 3 is 2.62 bits per heavy atom. The molecule has 1 N–H and O–H groups in total. The van der Waals surface area contributed by atoms with E-state index in [4.69, 9.17) is 4.74 Å². The fourth-order valence-electron chi connectivity index (χ4n) is 1.94. The molecule has 0 unspecified atom stereocenters. The first kappa shape index (κ1) is 17.4. The van der Waals surface area contributed by atoms with Crippen LogP contribution in [0.2, 0.25) is 0 Å². The van der Waals surface area contributed by atoms with Crippen LogP contribution in [0.15, 0.2) is 52.5 Å². The summed E-state index contributed by atoms with van der Waals surface area (Å²) >= 11 is 0. The topological polar surface area (TPSA) is 111 Å². The van der Waals surface area contributed by atoms with E-state index in [1.54, 1.807) is 24.3 Å². The van der Waals surface area contributed by atoms with Crippen molar-refractivity contribution in [3.63, 3.8) is 0 Å². The Morgan fingerprint density at radius 2 is 1.96 bits per heavy atom. The quantitative estimate of drug-likeness (QED) is 0.488. The Morgan fingerprint density at radius 1 is 1.25 bits per heavy atom. The van der Waals surface area contributed by atoms with E-state index in [1.165, 1.54) is 32.4 Å². The molecule has 0 saturated heterocycles. The number of hydrazone groups is 1. The Balaban J connectivity index is 2.24. The van der Waals surface area contributed by atoms with Gasteiger partial charge in [-0.25, -0.2) is 4.83 Å². The van der Waals surface area contributed by atoms with Gasteiger partial charge in [-0.3, -0.25) is 10.1 Å². The highest BCUT2D eigenvalue weighted by Gasteiger charge is 2.19. The van der Waals surface area contributed by atoms with Crippen LogP contribution in [-0.4, -0.2) is 26.7 Å². The molecule has 0 heterocycles. The number of sulfonamides is 1. The normalized spacial score (nSPS) is 11.4. The number of aryl methyl sites for hydroxylation is 1. The van der Waals surface area contributed by atoms with Crippen LogP contribution in [0.25, 0.3) is 0 Å². The summed E-state index contributed by atoms with van der Waals surface area (Å²) in [7, 11) is -2.53. The molecule has 0 fully saturated rings. The minimum atomic E-state index is -4.02. The van der Waals surface area contributed by atoms with E-state index in [0.29, 0.717) is 16.9 Å². The second-order valence-electron chi connectivity index (χ2n) is 4.80. The first-order chi connectivity index (χ1) is 11.3. The molecular formula is C15H15N3O5S. The van der Waals surface area contributed by atoms with Gasteiger partial charge < -0.3 is 4.74 Å². The molecule has 0 aliphatic carbocycles. The number of nitrogens with zero attached hydrogens (tertiary/aromatic N) is 2. The maximum absolute atomic E-state index is 12.2. The van der Waals surface area contributed by atoms with Crippen molar-refractivity contribution in [2.45, 2.75) is 11.8 Å². The summed E-state index contributed by atoms with van der Waals surface area (Å²) in [6.45, 7) is 1.53. The Hall–Kier alpha value is -2.94. The number of para-hydroxylation sites is 1. The summed E-state index contributed by atoms with van der Waals surface area (Å²) in [4.78, 5) is 12.1. The summed E-state index contributed by atoms with van der Waals surface area (Å²) < 4.78 is 29.5. The zero-order valence-electron chi connectivity index (χ0n) is 13.0. The largest absolute Gasteiger partial charge is 0.496 e. The van der Waals surface area contributed by atoms with Crippen molar-refractivity contribution in [1.29, 1.82) is 0 Å². The highest BCUT2D eigenvalue weighted by Crippen LogP contribution is 2.22. The molecule has 0 aliphatic heterocycles. The average Bonchev–Trinajstić information content (AvgIpc) is 2.55. The third-order valence-electron chi connectivity index (χ3n) is 3.20. The monoisotopic (exact) mass is 349 g/mol. The molecule has 2 rings (SSSR count). The van der Waals surface area contributed by atoms with Crippen molar-refractivity contribution < 1.29 is 18.1 Å². The van der Waals surface area contributed by atoms with Crippen molar-refractivity contribution in [3.05, 3.63) is 63.7 Å². The molecule has 24 heavy (non-hydrogen) atoms. The highest BCUT2D eigenvalue weighted by atomic mass is 32.2. The van der Waals surface area contributed by atoms with Gasteiger partial charge in [0.1, 0.15) is 5.75 Å². The maximum Gasteiger partial charge on any atom is 0.276 e. The predicted octanol–water partition coefficient (Wildman–Crippen LogP) is 2.22. The smallest absolute Gasteiger partial charge is 0.276 e. The molecule has 8 nitrogen and oxygen atoms in total. The minimum Gasteiger partial charge on any atom is -0.496 e. The van der Waals surface area contributed by atoms with Gasteiger partial charge in [0.25, 0.3) is 15.7 Å². The molecule has 126 valence electrons. The lowest BCUT2D eigenvalue weighted by molar-refractivity contribution is -0.385. The molecule has 0 bridgehead atoms. The van der Waals surface area contributed by atoms with Crippen molar-refractivity contribution in [2.24, 2.45) is 5.10 Å². The number of ether oxygens (including phenoxy) is 1. The highest BCUT2D eigenvalue weighted by molar-refractivity contribution is 7.89. The molecule has 9 heteroatoms. The molecule has 2 aromatic carbocycles. The van der Waals surface area contributed by atoms with Gasteiger partial charge in [0, 0.05) is 17.2 Å². The van der Waals surface area contributed by atoms with Gasteiger partial charge >= 0.3 is 0 Å². The van der Waals surface area contributed by atoms with Gasteiger partial charge in [-0.15, -0.1) is 0 Å². The Kier molecular flexibility index (Phi) is 5.14. The van der Waals surface area contributed by atoms with Crippen LogP contribution in [0.4, 0.5) is 5.69 Å². The van der Waals surface area contributed by atoms with Crippen LogP contribution in [-0.2, 0) is 10.0 Å². The van der Waals surface area contributed by atoms with Gasteiger partial charge in [-0.1, -0.05) is 18.2 Å². The lowest BCUT2D eigenvalue weighted by Crippen LogP contribution is -2.18. The SMILES string of the molecule is COc1ccccc1/C=N/NS(=O)(=O)c1ccc(C)c([N+](=O)[O-])c1. The van der Waals surface area contributed by atoms with Crippen LogP contribution in [0, 0.1) is 17.0 Å². The van der Waals surface area contributed by atoms with Gasteiger partial charge in [0.05, 0.1) is 23.1 Å². The van der Waals surface area contributed by atoms with Gasteiger partial charge in [0.2, 0.25) is 0 Å². The maximum atomic E-state index is 12.2. The number of nitrogens with one attached hydrogen (secondary N) is 1. The first-order valence-electron chi connectivity index (χ1n) is 6.78. The lowest BCUT2D eigenvalue weighted by atomic mass is 10.2. The van der Waals surface area contributed by atoms with E-state index in [-0.39, 0.29) is 10.6 Å². The van der Waals surface area contributed by atoms with Gasteiger partial charge in [-0.2, -0.15) is 13.5 Å². The van der Waals surface area contributed by atoms with E-state index in [1.807, 2.05) is 4.83 Å². The van der Waals surface area contributed by atoms with Crippen molar-refractivity contribution >= 4 is 21.9 Å². The molecular weight excluding hydrogens is 334 g/mol. The van der Waals surface area contributed by atoms with Gasteiger partial charge in [0.15, 0.2) is 0 Å². The first-order valence-corrected chi connectivity index (χ1v) is 8.26. The van der Waals surface area contributed by atoms with E-state index < -0.39 is 14.9 Å². The second-order valence-corrected chi connectivity index (χ2v) is 6.46. The van der Waals surface area contributed by atoms with Gasteiger partial charge in [-0.05, 0) is 25.1 Å². The number of benzene rings is 2. The van der Waals surface area contributed by atoms with Crippen LogP contribution in [0.3, 0.4) is 0 Å². The van der Waals surface area contributed by atoms with E-state index in [0.717, 1.165) is 6.07 Å². The number of hydrogen-bond donors (Lipinski definition) is 1. The standard InChI is InChI=1S/C15H15N3O5S/c1-11-7-8-13(9-14(11)18(19)20)24(21,22)17-16-10-12-5-3-4-6-15(12)23-2/h3-10,17H,1-2H3/b16-10+. The summed E-state index contributed by atoms with van der Waals surface area (Å²) in [5, 5.41) is 14.6. The molecule has 0 amide bonds. The Labute approximate surface area is 139 Å². The zero-order valence-corrected chi connectivity index (χ0v) is 13.8. The molecule has 0 spiro atoms. The third-order valence-corrected chi connectivity index (χ3v) is 4.42. The number of nitro groups is 1. The summed E-state index contributed by atoms with van der Waals surface area (Å²) in [5.74, 6) is 0.534. The zero-order chi connectivity index (χ0) is 17.7.